The van der Waals surface area contributed by atoms with E-state index in [9.17, 15) is 9.59 Å². The van der Waals surface area contributed by atoms with Crippen molar-refractivity contribution in [3.63, 3.8) is 0 Å². The van der Waals surface area contributed by atoms with E-state index in [1.165, 1.54) is 12.7 Å². The quantitative estimate of drug-likeness (QED) is 0.727. The van der Waals surface area contributed by atoms with Crippen molar-refractivity contribution in [3.05, 3.63) is 71.8 Å². The van der Waals surface area contributed by atoms with Crippen LogP contribution < -0.4 is 5.32 Å². The molecule has 0 aliphatic carbocycles. The number of benzene rings is 2. The van der Waals surface area contributed by atoms with Crippen LogP contribution in [0.3, 0.4) is 0 Å². The normalized spacial score (nSPS) is 16.0. The second kappa shape index (κ2) is 10.6. The number of ether oxygens (including phenoxy) is 2. The van der Waals surface area contributed by atoms with Gasteiger partial charge < -0.3 is 19.7 Å². The molecule has 2 aromatic rings. The Hall–Kier alpha value is -2.86. The van der Waals surface area contributed by atoms with E-state index in [-0.39, 0.29) is 6.61 Å². The minimum atomic E-state index is -0.753. The lowest BCUT2D eigenvalue weighted by molar-refractivity contribution is -0.143. The second-order valence-electron chi connectivity index (χ2n) is 7.27. The van der Waals surface area contributed by atoms with Gasteiger partial charge in [-0.2, -0.15) is 0 Å². The van der Waals surface area contributed by atoms with Crippen LogP contribution in [0, 0.1) is 0 Å². The van der Waals surface area contributed by atoms with Gasteiger partial charge in [0.1, 0.15) is 12.6 Å². The SMILES string of the molecule is COC(=O)C(CN1CCC(c2ccccc2)CC1)NC(=O)OCc1ccccc1. The summed E-state index contributed by atoms with van der Waals surface area (Å²) < 4.78 is 10.1. The van der Waals surface area contributed by atoms with Crippen molar-refractivity contribution in [1.82, 2.24) is 10.2 Å². The molecule has 1 saturated heterocycles. The summed E-state index contributed by atoms with van der Waals surface area (Å²) in [7, 11) is 1.33. The Morgan fingerprint density at radius 1 is 1.03 bits per heavy atom. The monoisotopic (exact) mass is 396 g/mol. The summed E-state index contributed by atoms with van der Waals surface area (Å²) in [5, 5.41) is 2.65. The first kappa shape index (κ1) is 20.9. The highest BCUT2D eigenvalue weighted by Gasteiger charge is 2.28. The van der Waals surface area contributed by atoms with Crippen LogP contribution in [0.2, 0.25) is 0 Å². The fourth-order valence-electron chi connectivity index (χ4n) is 3.66. The van der Waals surface area contributed by atoms with Gasteiger partial charge in [-0.05, 0) is 43.0 Å². The third kappa shape index (κ3) is 6.32. The molecule has 1 unspecified atom stereocenters. The Morgan fingerprint density at radius 3 is 2.28 bits per heavy atom. The van der Waals surface area contributed by atoms with Crippen LogP contribution in [0.1, 0.15) is 29.9 Å². The van der Waals surface area contributed by atoms with Crippen LogP contribution >= 0.6 is 0 Å². The Balaban J connectivity index is 1.49. The molecule has 3 rings (SSSR count). The first-order valence-corrected chi connectivity index (χ1v) is 9.98. The lowest BCUT2D eigenvalue weighted by atomic mass is 9.89. The number of rotatable bonds is 7. The van der Waals surface area contributed by atoms with Crippen LogP contribution in [0.15, 0.2) is 60.7 Å². The average molecular weight is 396 g/mol. The number of esters is 1. The number of amides is 1. The molecule has 1 heterocycles. The minimum Gasteiger partial charge on any atom is -0.467 e. The number of methoxy groups -OCH3 is 1. The third-order valence-corrected chi connectivity index (χ3v) is 5.29. The van der Waals surface area contributed by atoms with Crippen LogP contribution in [0.4, 0.5) is 4.79 Å². The van der Waals surface area contributed by atoms with Crippen molar-refractivity contribution >= 4 is 12.1 Å². The molecule has 1 aliphatic heterocycles. The van der Waals surface area contributed by atoms with E-state index in [4.69, 9.17) is 9.47 Å². The number of nitrogens with one attached hydrogen (secondary N) is 1. The number of carbonyl (C=O) groups is 2. The smallest absolute Gasteiger partial charge is 0.408 e. The average Bonchev–Trinajstić information content (AvgIpc) is 2.78. The van der Waals surface area contributed by atoms with Gasteiger partial charge >= 0.3 is 12.1 Å². The van der Waals surface area contributed by atoms with Gasteiger partial charge in [0.15, 0.2) is 0 Å². The number of alkyl carbamates (subject to hydrolysis) is 1. The van der Waals surface area contributed by atoms with Gasteiger partial charge in [-0.3, -0.25) is 0 Å². The molecule has 1 atom stereocenters. The number of piperidine rings is 1. The van der Waals surface area contributed by atoms with Gasteiger partial charge in [-0.25, -0.2) is 9.59 Å². The van der Waals surface area contributed by atoms with Crippen LogP contribution in [0.5, 0.6) is 0 Å². The van der Waals surface area contributed by atoms with Crippen molar-refractivity contribution in [3.8, 4) is 0 Å². The van der Waals surface area contributed by atoms with Gasteiger partial charge in [0.2, 0.25) is 0 Å². The molecule has 6 heteroatoms. The molecule has 29 heavy (non-hydrogen) atoms. The fourth-order valence-corrected chi connectivity index (χ4v) is 3.66. The number of hydrogen-bond donors (Lipinski definition) is 1. The van der Waals surface area contributed by atoms with E-state index < -0.39 is 18.1 Å². The van der Waals surface area contributed by atoms with Crippen molar-refractivity contribution < 1.29 is 19.1 Å². The molecule has 1 fully saturated rings. The molecule has 0 saturated carbocycles. The fraction of sp³-hybridized carbons (Fsp3) is 0.391. The molecule has 0 spiro atoms. The van der Waals surface area contributed by atoms with Gasteiger partial charge in [0, 0.05) is 6.54 Å². The molecule has 1 N–H and O–H groups in total. The molecular formula is C23H28N2O4. The van der Waals surface area contributed by atoms with Crippen molar-refractivity contribution in [2.45, 2.75) is 31.4 Å². The van der Waals surface area contributed by atoms with Gasteiger partial charge in [-0.1, -0.05) is 60.7 Å². The number of nitrogens with zero attached hydrogens (tertiary/aromatic N) is 1. The van der Waals surface area contributed by atoms with E-state index in [2.05, 4.69) is 34.5 Å². The maximum Gasteiger partial charge on any atom is 0.408 e. The molecule has 0 bridgehead atoms. The van der Waals surface area contributed by atoms with Gasteiger partial charge in [0.05, 0.1) is 7.11 Å². The minimum absolute atomic E-state index is 0.156. The standard InChI is InChI=1S/C23H28N2O4/c1-28-22(26)21(24-23(27)29-17-18-8-4-2-5-9-18)16-25-14-12-20(13-15-25)19-10-6-3-7-11-19/h2-11,20-21H,12-17H2,1H3,(H,24,27). The first-order chi connectivity index (χ1) is 14.2. The zero-order valence-electron chi connectivity index (χ0n) is 16.8. The highest BCUT2D eigenvalue weighted by Crippen LogP contribution is 2.27. The second-order valence-corrected chi connectivity index (χ2v) is 7.27. The maximum atomic E-state index is 12.2. The number of carbonyl (C=O) groups excluding carboxylic acids is 2. The highest BCUT2D eigenvalue weighted by atomic mass is 16.6. The maximum absolute atomic E-state index is 12.2. The Labute approximate surface area is 171 Å². The Morgan fingerprint density at radius 2 is 1.66 bits per heavy atom. The largest absolute Gasteiger partial charge is 0.467 e. The summed E-state index contributed by atoms with van der Waals surface area (Å²) in [5.74, 6) is 0.0691. The zero-order chi connectivity index (χ0) is 20.5. The summed E-state index contributed by atoms with van der Waals surface area (Å²) in [6.45, 7) is 2.30. The molecule has 6 nitrogen and oxygen atoms in total. The van der Waals surface area contributed by atoms with Crippen LogP contribution in [-0.4, -0.2) is 49.7 Å². The molecule has 2 aromatic carbocycles. The molecule has 1 aliphatic rings. The van der Waals surface area contributed by atoms with E-state index in [0.717, 1.165) is 31.5 Å². The van der Waals surface area contributed by atoms with E-state index in [0.29, 0.717) is 12.5 Å². The Bertz CT molecular complexity index is 774. The summed E-state index contributed by atoms with van der Waals surface area (Å²) in [5.41, 5.74) is 2.25. The molecule has 154 valence electrons. The van der Waals surface area contributed by atoms with Crippen LogP contribution in [0.25, 0.3) is 0 Å². The lowest BCUT2D eigenvalue weighted by Crippen LogP contribution is -2.50. The van der Waals surface area contributed by atoms with Crippen LogP contribution in [-0.2, 0) is 20.9 Å². The molecular weight excluding hydrogens is 368 g/mol. The predicted molar refractivity (Wildman–Crippen MR) is 110 cm³/mol. The van der Waals surface area contributed by atoms with E-state index in [1.807, 2.05) is 36.4 Å². The summed E-state index contributed by atoms with van der Waals surface area (Å²) >= 11 is 0. The van der Waals surface area contributed by atoms with E-state index >= 15 is 0 Å². The number of likely N-dealkylation sites (tertiary alicyclic amines) is 1. The molecule has 1 amide bonds. The van der Waals surface area contributed by atoms with Crippen molar-refractivity contribution in [1.29, 1.82) is 0 Å². The summed E-state index contributed by atoms with van der Waals surface area (Å²) in [6, 6.07) is 19.2. The molecule has 0 aromatic heterocycles. The van der Waals surface area contributed by atoms with Crippen molar-refractivity contribution in [2.24, 2.45) is 0 Å². The topological polar surface area (TPSA) is 67.9 Å². The summed E-state index contributed by atoms with van der Waals surface area (Å²) in [4.78, 5) is 26.5. The van der Waals surface area contributed by atoms with E-state index in [1.54, 1.807) is 0 Å². The predicted octanol–water partition coefficient (Wildman–Crippen LogP) is 3.33. The third-order valence-electron chi connectivity index (χ3n) is 5.29. The first-order valence-electron chi connectivity index (χ1n) is 9.98. The highest BCUT2D eigenvalue weighted by molar-refractivity contribution is 5.81. The molecule has 0 radical (unpaired) electrons. The van der Waals surface area contributed by atoms with Gasteiger partial charge in [-0.15, -0.1) is 0 Å². The zero-order valence-corrected chi connectivity index (χ0v) is 16.8. The van der Waals surface area contributed by atoms with Gasteiger partial charge in [0.25, 0.3) is 0 Å². The summed E-state index contributed by atoms with van der Waals surface area (Å²) in [6.07, 6.45) is 1.43. The Kier molecular flexibility index (Phi) is 7.64. The lowest BCUT2D eigenvalue weighted by Gasteiger charge is -2.33. The number of hydrogen-bond acceptors (Lipinski definition) is 5. The van der Waals surface area contributed by atoms with Crippen molar-refractivity contribution in [2.75, 3.05) is 26.7 Å².